The lowest BCUT2D eigenvalue weighted by Crippen LogP contribution is -2.48. The van der Waals surface area contributed by atoms with E-state index in [-0.39, 0.29) is 62.6 Å². The molecular weight excluding hydrogens is 551 g/mol. The molecule has 0 saturated heterocycles. The molecule has 1 aliphatic heterocycles. The number of carbonyl (C=O) groups is 2. The third kappa shape index (κ3) is 7.83. The van der Waals surface area contributed by atoms with Gasteiger partial charge in [-0.25, -0.2) is 18.0 Å². The maximum atomic E-state index is 15.7. The van der Waals surface area contributed by atoms with Gasteiger partial charge in [-0.1, -0.05) is 18.2 Å². The van der Waals surface area contributed by atoms with Gasteiger partial charge in [0.1, 0.15) is 36.3 Å². The van der Waals surface area contributed by atoms with Gasteiger partial charge in [-0.2, -0.15) is 0 Å². The molecule has 0 unspecified atom stereocenters. The van der Waals surface area contributed by atoms with E-state index in [0.29, 0.717) is 25.0 Å². The Morgan fingerprint density at radius 2 is 1.86 bits per heavy atom. The molecule has 0 fully saturated rings. The molecule has 1 amide bonds. The SMILES string of the molecule is C[C@@H]1Cc2c([nH]c3ccccc23)[C@@H](c2c(F)cc(OCCNC(=O)CCCCOCC(=O)O)cc2F)N1CC(C)(C)F. The number of alkyl halides is 1. The number of carboxylic acids is 1. The molecule has 2 heterocycles. The minimum absolute atomic E-state index is 0.000480. The summed E-state index contributed by atoms with van der Waals surface area (Å²) in [6, 6.07) is 8.90. The van der Waals surface area contributed by atoms with Crippen molar-refractivity contribution in [3.8, 4) is 5.75 Å². The maximum Gasteiger partial charge on any atom is 0.329 e. The molecule has 228 valence electrons. The Balaban J connectivity index is 1.44. The van der Waals surface area contributed by atoms with Crippen molar-refractivity contribution in [2.75, 3.05) is 32.9 Å². The van der Waals surface area contributed by atoms with Gasteiger partial charge in [0.15, 0.2) is 0 Å². The van der Waals surface area contributed by atoms with Crippen molar-refractivity contribution in [1.82, 2.24) is 15.2 Å². The number of ether oxygens (including phenoxy) is 2. The molecule has 1 aromatic heterocycles. The summed E-state index contributed by atoms with van der Waals surface area (Å²) in [7, 11) is 0. The van der Waals surface area contributed by atoms with Gasteiger partial charge in [-0.05, 0) is 51.7 Å². The molecule has 2 aromatic carbocycles. The average molecular weight is 590 g/mol. The van der Waals surface area contributed by atoms with Crippen molar-refractivity contribution in [2.45, 2.75) is 64.2 Å². The second-order valence-electron chi connectivity index (χ2n) is 11.3. The summed E-state index contributed by atoms with van der Waals surface area (Å²) in [5.74, 6) is -2.89. The number of H-pyrrole nitrogens is 1. The monoisotopic (exact) mass is 589 g/mol. The van der Waals surface area contributed by atoms with Crippen LogP contribution in [0.1, 0.15) is 62.9 Å². The summed E-state index contributed by atoms with van der Waals surface area (Å²) in [4.78, 5) is 27.6. The van der Waals surface area contributed by atoms with Crippen molar-refractivity contribution in [1.29, 1.82) is 0 Å². The number of benzene rings is 2. The molecule has 0 spiro atoms. The van der Waals surface area contributed by atoms with E-state index in [4.69, 9.17) is 14.6 Å². The Morgan fingerprint density at radius 1 is 1.14 bits per heavy atom. The summed E-state index contributed by atoms with van der Waals surface area (Å²) in [5.41, 5.74) is 0.715. The number of rotatable bonds is 14. The van der Waals surface area contributed by atoms with Crippen molar-refractivity contribution >= 4 is 22.8 Å². The van der Waals surface area contributed by atoms with Gasteiger partial charge in [0, 0.05) is 59.9 Å². The standard InChI is InChI=1S/C31H38F3N3O5/c1-19-14-22-21-8-4-5-9-25(21)36-29(22)30(37(19)18-31(2,3)34)28-23(32)15-20(16-24(28)33)42-13-11-35-26(38)10-6-7-12-41-17-27(39)40/h4-5,8-9,15-16,19,30,36H,6-7,10-14,17-18H2,1-3H3,(H,35,38)(H,39,40)/t19-,30-/m1/s1. The zero-order valence-electron chi connectivity index (χ0n) is 24.1. The van der Waals surface area contributed by atoms with E-state index in [2.05, 4.69) is 10.3 Å². The topological polar surface area (TPSA) is 104 Å². The van der Waals surface area contributed by atoms with Gasteiger partial charge in [-0.15, -0.1) is 0 Å². The first-order valence-corrected chi connectivity index (χ1v) is 14.2. The Hall–Kier alpha value is -3.57. The van der Waals surface area contributed by atoms with Crippen LogP contribution < -0.4 is 10.1 Å². The van der Waals surface area contributed by atoms with Gasteiger partial charge in [0.2, 0.25) is 5.91 Å². The highest BCUT2D eigenvalue weighted by Gasteiger charge is 2.41. The molecule has 2 atom stereocenters. The third-order valence-electron chi connectivity index (χ3n) is 7.26. The number of aromatic amines is 1. The van der Waals surface area contributed by atoms with E-state index in [1.165, 1.54) is 13.8 Å². The molecule has 0 aliphatic carbocycles. The van der Waals surface area contributed by atoms with Crippen molar-refractivity contribution in [2.24, 2.45) is 0 Å². The van der Waals surface area contributed by atoms with Crippen LogP contribution in [0.25, 0.3) is 10.9 Å². The molecule has 0 bridgehead atoms. The summed E-state index contributed by atoms with van der Waals surface area (Å²) >= 11 is 0. The van der Waals surface area contributed by atoms with Gasteiger partial charge in [0.25, 0.3) is 0 Å². The lowest BCUT2D eigenvalue weighted by Gasteiger charge is -2.43. The van der Waals surface area contributed by atoms with Crippen LogP contribution >= 0.6 is 0 Å². The first-order valence-electron chi connectivity index (χ1n) is 14.2. The third-order valence-corrected chi connectivity index (χ3v) is 7.26. The van der Waals surface area contributed by atoms with E-state index in [0.717, 1.165) is 28.6 Å². The first kappa shape index (κ1) is 31.4. The summed E-state index contributed by atoms with van der Waals surface area (Å²) in [5, 5.41) is 12.2. The molecule has 8 nitrogen and oxygen atoms in total. The van der Waals surface area contributed by atoms with E-state index in [9.17, 15) is 14.0 Å². The molecule has 1 aliphatic rings. The smallest absolute Gasteiger partial charge is 0.329 e. The van der Waals surface area contributed by atoms with Crippen molar-refractivity contribution in [3.63, 3.8) is 0 Å². The van der Waals surface area contributed by atoms with Crippen LogP contribution in [0.2, 0.25) is 0 Å². The number of nitrogens with one attached hydrogen (secondary N) is 2. The van der Waals surface area contributed by atoms with Gasteiger partial charge in [0.05, 0.1) is 12.6 Å². The van der Waals surface area contributed by atoms with Crippen LogP contribution in [0.5, 0.6) is 5.75 Å². The number of amides is 1. The number of carbonyl (C=O) groups excluding carboxylic acids is 1. The number of carboxylic acid groups (broad SMARTS) is 1. The predicted molar refractivity (Wildman–Crippen MR) is 152 cm³/mol. The number of aliphatic carboxylic acids is 1. The number of para-hydroxylation sites is 1. The number of fused-ring (bicyclic) bond motifs is 3. The normalized spacial score (nSPS) is 17.3. The number of nitrogens with zero attached hydrogens (tertiary/aromatic N) is 1. The van der Waals surface area contributed by atoms with Gasteiger partial charge < -0.3 is 24.9 Å². The second kappa shape index (κ2) is 13.6. The summed E-state index contributed by atoms with van der Waals surface area (Å²) in [6.45, 7) is 4.85. The minimum Gasteiger partial charge on any atom is -0.492 e. The van der Waals surface area contributed by atoms with Crippen molar-refractivity contribution in [3.05, 3.63) is 64.9 Å². The number of hydrogen-bond acceptors (Lipinski definition) is 5. The first-order chi connectivity index (χ1) is 19.9. The average Bonchev–Trinajstić information content (AvgIpc) is 3.27. The Morgan fingerprint density at radius 3 is 2.55 bits per heavy atom. The van der Waals surface area contributed by atoms with Gasteiger partial charge >= 0.3 is 5.97 Å². The van der Waals surface area contributed by atoms with Crippen LogP contribution in [-0.4, -0.2) is 71.5 Å². The second-order valence-corrected chi connectivity index (χ2v) is 11.3. The Kier molecular flexibility index (Phi) is 10.2. The van der Waals surface area contributed by atoms with Crippen LogP contribution in [0.3, 0.4) is 0 Å². The molecule has 11 heteroatoms. The van der Waals surface area contributed by atoms with Crippen molar-refractivity contribution < 1.29 is 37.3 Å². The van der Waals surface area contributed by atoms with Crippen LogP contribution in [0.4, 0.5) is 13.2 Å². The van der Waals surface area contributed by atoms with Crippen LogP contribution in [0, 0.1) is 11.6 Å². The van der Waals surface area contributed by atoms with Gasteiger partial charge in [-0.3, -0.25) is 9.69 Å². The number of unbranched alkanes of at least 4 members (excludes halogenated alkanes) is 1. The molecule has 4 rings (SSSR count). The number of hydrogen-bond donors (Lipinski definition) is 3. The molecule has 42 heavy (non-hydrogen) atoms. The molecule has 3 aromatic rings. The zero-order valence-corrected chi connectivity index (χ0v) is 24.1. The van der Waals surface area contributed by atoms with E-state index in [1.54, 1.807) is 0 Å². The zero-order chi connectivity index (χ0) is 30.4. The highest BCUT2D eigenvalue weighted by atomic mass is 19.1. The highest BCUT2D eigenvalue weighted by Crippen LogP contribution is 2.43. The predicted octanol–water partition coefficient (Wildman–Crippen LogP) is 5.30. The molecule has 0 radical (unpaired) electrons. The largest absolute Gasteiger partial charge is 0.492 e. The summed E-state index contributed by atoms with van der Waals surface area (Å²) in [6.07, 6.45) is 1.91. The van der Waals surface area contributed by atoms with Crippen LogP contribution in [0.15, 0.2) is 36.4 Å². The molecule has 0 saturated carbocycles. The highest BCUT2D eigenvalue weighted by molar-refractivity contribution is 5.85. The molecular formula is C31H38F3N3O5. The molecule has 3 N–H and O–H groups in total. The summed E-state index contributed by atoms with van der Waals surface area (Å²) < 4.78 is 56.8. The fourth-order valence-corrected chi connectivity index (χ4v) is 5.50. The Labute approximate surface area is 243 Å². The van der Waals surface area contributed by atoms with E-state index < -0.39 is 29.3 Å². The van der Waals surface area contributed by atoms with E-state index in [1.807, 2.05) is 36.1 Å². The quantitative estimate of drug-likeness (QED) is 0.221. The minimum atomic E-state index is -1.59. The maximum absolute atomic E-state index is 15.7. The fourth-order valence-electron chi connectivity index (χ4n) is 5.50. The Bertz CT molecular complexity index is 1380. The van der Waals surface area contributed by atoms with Crippen LogP contribution in [-0.2, 0) is 20.7 Å². The fraction of sp³-hybridized carbons (Fsp3) is 0.484. The number of halogens is 3. The lowest BCUT2D eigenvalue weighted by atomic mass is 9.87. The lowest BCUT2D eigenvalue weighted by molar-refractivity contribution is -0.142. The number of aromatic nitrogens is 1. The van der Waals surface area contributed by atoms with E-state index >= 15 is 8.78 Å².